The van der Waals surface area contributed by atoms with Crippen LogP contribution in [0, 0.1) is 5.92 Å². The average molecular weight is 220 g/mol. The number of hydrogen-bond donors (Lipinski definition) is 0. The summed E-state index contributed by atoms with van der Waals surface area (Å²) in [5.41, 5.74) is 1.68. The molecule has 0 spiro atoms. The Morgan fingerprint density at radius 2 is 1.87 bits per heavy atom. The van der Waals surface area contributed by atoms with E-state index in [1.54, 1.807) is 0 Å². The molecule has 0 heterocycles. The highest BCUT2D eigenvalue weighted by molar-refractivity contribution is 5.29. The van der Waals surface area contributed by atoms with Gasteiger partial charge in [0.2, 0.25) is 0 Å². The molecule has 0 saturated carbocycles. The summed E-state index contributed by atoms with van der Waals surface area (Å²) < 4.78 is 40.4. The standard InChI is InChI=1S/C11H15F3O/c1-7(2)9-5-4-8(3)6-10(9)15-11(12,13)14/h6-7H,4-5H2,1-3H3. The van der Waals surface area contributed by atoms with E-state index >= 15 is 0 Å². The molecular weight excluding hydrogens is 205 g/mol. The van der Waals surface area contributed by atoms with Gasteiger partial charge in [0.15, 0.2) is 0 Å². The normalized spacial score (nSPS) is 18.2. The predicted octanol–water partition coefficient (Wildman–Crippen LogP) is 4.17. The van der Waals surface area contributed by atoms with Crippen molar-refractivity contribution in [2.24, 2.45) is 5.92 Å². The van der Waals surface area contributed by atoms with Gasteiger partial charge >= 0.3 is 6.36 Å². The van der Waals surface area contributed by atoms with Crippen LogP contribution in [-0.4, -0.2) is 6.36 Å². The van der Waals surface area contributed by atoms with E-state index in [1.807, 2.05) is 20.8 Å². The van der Waals surface area contributed by atoms with Gasteiger partial charge in [-0.1, -0.05) is 19.4 Å². The van der Waals surface area contributed by atoms with Gasteiger partial charge in [0.1, 0.15) is 5.76 Å². The maximum absolute atomic E-state index is 12.1. The summed E-state index contributed by atoms with van der Waals surface area (Å²) in [6.07, 6.45) is -1.63. The molecule has 0 N–H and O–H groups in total. The van der Waals surface area contributed by atoms with Crippen molar-refractivity contribution in [3.05, 3.63) is 23.0 Å². The Morgan fingerprint density at radius 3 is 2.33 bits per heavy atom. The molecular formula is C11H15F3O. The molecule has 4 heteroatoms. The molecule has 0 saturated heterocycles. The van der Waals surface area contributed by atoms with E-state index in [0.717, 1.165) is 17.6 Å². The zero-order chi connectivity index (χ0) is 11.6. The van der Waals surface area contributed by atoms with E-state index in [0.29, 0.717) is 6.42 Å². The smallest absolute Gasteiger partial charge is 0.406 e. The van der Waals surface area contributed by atoms with Crippen molar-refractivity contribution < 1.29 is 17.9 Å². The second-order valence-corrected chi connectivity index (χ2v) is 4.08. The molecule has 1 rings (SSSR count). The second kappa shape index (κ2) is 4.29. The van der Waals surface area contributed by atoms with Crippen molar-refractivity contribution in [2.75, 3.05) is 0 Å². The van der Waals surface area contributed by atoms with Crippen molar-refractivity contribution >= 4 is 0 Å². The summed E-state index contributed by atoms with van der Waals surface area (Å²) in [5.74, 6) is 0.0768. The van der Waals surface area contributed by atoms with E-state index in [-0.39, 0.29) is 11.7 Å². The first-order valence-electron chi connectivity index (χ1n) is 4.95. The maximum atomic E-state index is 12.1. The first-order chi connectivity index (χ1) is 6.79. The molecule has 86 valence electrons. The molecule has 0 aliphatic heterocycles. The van der Waals surface area contributed by atoms with Crippen LogP contribution in [-0.2, 0) is 4.74 Å². The minimum absolute atomic E-state index is 0.0127. The molecule has 15 heavy (non-hydrogen) atoms. The monoisotopic (exact) mass is 220 g/mol. The van der Waals surface area contributed by atoms with Crippen LogP contribution in [0.25, 0.3) is 0 Å². The van der Waals surface area contributed by atoms with E-state index in [2.05, 4.69) is 4.74 Å². The molecule has 0 unspecified atom stereocenters. The Balaban J connectivity index is 2.96. The molecule has 0 aromatic carbocycles. The summed E-state index contributed by atoms with van der Waals surface area (Å²) in [6, 6.07) is 0. The fraction of sp³-hybridized carbons (Fsp3) is 0.636. The SMILES string of the molecule is CC1=CC(OC(F)(F)F)=C(C(C)C)CC1. The van der Waals surface area contributed by atoms with E-state index < -0.39 is 6.36 Å². The minimum Gasteiger partial charge on any atom is -0.406 e. The number of halogens is 3. The van der Waals surface area contributed by atoms with Crippen molar-refractivity contribution in [2.45, 2.75) is 40.0 Å². The lowest BCUT2D eigenvalue weighted by Gasteiger charge is -2.22. The third-order valence-corrected chi connectivity index (χ3v) is 2.41. The third-order valence-electron chi connectivity index (χ3n) is 2.41. The molecule has 0 aromatic heterocycles. The zero-order valence-electron chi connectivity index (χ0n) is 9.11. The lowest BCUT2D eigenvalue weighted by molar-refractivity contribution is -0.304. The van der Waals surface area contributed by atoms with E-state index in [9.17, 15) is 13.2 Å². The number of allylic oxidation sites excluding steroid dienone is 3. The van der Waals surface area contributed by atoms with Crippen molar-refractivity contribution in [3.63, 3.8) is 0 Å². The average Bonchev–Trinajstić information content (AvgIpc) is 1.99. The largest absolute Gasteiger partial charge is 0.573 e. The van der Waals surface area contributed by atoms with Crippen LogP contribution in [0.4, 0.5) is 13.2 Å². The van der Waals surface area contributed by atoms with Crippen molar-refractivity contribution in [1.82, 2.24) is 0 Å². The molecule has 0 fully saturated rings. The van der Waals surface area contributed by atoms with Crippen LogP contribution in [0.2, 0.25) is 0 Å². The summed E-state index contributed by atoms with van der Waals surface area (Å²) in [6.45, 7) is 5.57. The molecule has 0 amide bonds. The zero-order valence-corrected chi connectivity index (χ0v) is 9.11. The van der Waals surface area contributed by atoms with Gasteiger partial charge in [0.05, 0.1) is 0 Å². The Kier molecular flexibility index (Phi) is 3.47. The predicted molar refractivity (Wildman–Crippen MR) is 52.0 cm³/mol. The summed E-state index contributed by atoms with van der Waals surface area (Å²) >= 11 is 0. The summed E-state index contributed by atoms with van der Waals surface area (Å²) in [5, 5.41) is 0. The third kappa shape index (κ3) is 3.61. The molecule has 0 atom stereocenters. The number of hydrogen-bond acceptors (Lipinski definition) is 1. The van der Waals surface area contributed by atoms with Gasteiger partial charge in [-0.05, 0) is 37.3 Å². The van der Waals surface area contributed by atoms with Gasteiger partial charge in [-0.25, -0.2) is 0 Å². The van der Waals surface area contributed by atoms with Crippen molar-refractivity contribution in [3.8, 4) is 0 Å². The summed E-state index contributed by atoms with van der Waals surface area (Å²) in [4.78, 5) is 0. The first-order valence-corrected chi connectivity index (χ1v) is 4.95. The van der Waals surface area contributed by atoms with Gasteiger partial charge in [0, 0.05) is 0 Å². The highest BCUT2D eigenvalue weighted by Crippen LogP contribution is 2.33. The Labute approximate surface area is 87.6 Å². The summed E-state index contributed by atoms with van der Waals surface area (Å²) in [7, 11) is 0. The van der Waals surface area contributed by atoms with Gasteiger partial charge in [-0.15, -0.1) is 13.2 Å². The quantitative estimate of drug-likeness (QED) is 0.678. The Hall–Kier alpha value is -0.930. The minimum atomic E-state index is -4.59. The topological polar surface area (TPSA) is 9.23 Å². The van der Waals surface area contributed by atoms with Gasteiger partial charge in [-0.3, -0.25) is 0 Å². The van der Waals surface area contributed by atoms with Gasteiger partial charge in [-0.2, -0.15) is 0 Å². The van der Waals surface area contributed by atoms with E-state index in [1.165, 1.54) is 6.08 Å². The lowest BCUT2D eigenvalue weighted by atomic mass is 9.90. The second-order valence-electron chi connectivity index (χ2n) is 4.08. The fourth-order valence-corrected chi connectivity index (χ4v) is 1.64. The first kappa shape index (κ1) is 12.1. The highest BCUT2D eigenvalue weighted by atomic mass is 19.4. The van der Waals surface area contributed by atoms with Crippen LogP contribution >= 0.6 is 0 Å². The van der Waals surface area contributed by atoms with E-state index in [4.69, 9.17) is 0 Å². The maximum Gasteiger partial charge on any atom is 0.573 e. The highest BCUT2D eigenvalue weighted by Gasteiger charge is 2.33. The number of rotatable bonds is 2. The van der Waals surface area contributed by atoms with Gasteiger partial charge in [0.25, 0.3) is 0 Å². The molecule has 0 radical (unpaired) electrons. The Bertz CT molecular complexity index is 297. The number of ether oxygens (including phenoxy) is 1. The number of alkyl halides is 3. The lowest BCUT2D eigenvalue weighted by Crippen LogP contribution is -2.16. The van der Waals surface area contributed by atoms with Crippen LogP contribution in [0.1, 0.15) is 33.6 Å². The van der Waals surface area contributed by atoms with Crippen molar-refractivity contribution in [1.29, 1.82) is 0 Å². The molecule has 0 aromatic rings. The van der Waals surface area contributed by atoms with Gasteiger partial charge < -0.3 is 4.74 Å². The molecule has 1 aliphatic carbocycles. The van der Waals surface area contributed by atoms with Crippen LogP contribution < -0.4 is 0 Å². The molecule has 0 bridgehead atoms. The molecule has 1 aliphatic rings. The molecule has 1 nitrogen and oxygen atoms in total. The van der Waals surface area contributed by atoms with Crippen LogP contribution in [0.3, 0.4) is 0 Å². The Morgan fingerprint density at radius 1 is 1.27 bits per heavy atom. The van der Waals surface area contributed by atoms with Crippen LogP contribution in [0.5, 0.6) is 0 Å². The fourth-order valence-electron chi connectivity index (χ4n) is 1.64. The van der Waals surface area contributed by atoms with Crippen LogP contribution in [0.15, 0.2) is 23.0 Å².